The number of hydrogen-bond acceptors (Lipinski definition) is 0. The van der Waals surface area contributed by atoms with Crippen LogP contribution in [0, 0.1) is 34.5 Å². The van der Waals surface area contributed by atoms with Crippen LogP contribution < -0.4 is 0 Å². The van der Waals surface area contributed by atoms with Gasteiger partial charge in [-0.05, 0) is 66.6 Å². The highest BCUT2D eigenvalue weighted by Crippen LogP contribution is 2.72. The fourth-order valence-electron chi connectivity index (χ4n) is 5.88. The lowest BCUT2D eigenvalue weighted by Crippen LogP contribution is -2.30. The molecule has 3 aliphatic rings. The Morgan fingerprint density at radius 1 is 1.00 bits per heavy atom. The summed E-state index contributed by atoms with van der Waals surface area (Å²) in [5, 5.41) is 0. The second-order valence-corrected chi connectivity index (χ2v) is 7.41. The molecule has 2 bridgehead atoms. The minimum atomic E-state index is 0.640. The quantitative estimate of drug-likeness (QED) is 0.547. The zero-order chi connectivity index (χ0) is 10.8. The van der Waals surface area contributed by atoms with Crippen LogP contribution in [0.1, 0.15) is 59.8 Å². The van der Waals surface area contributed by atoms with Gasteiger partial charge in [0.25, 0.3) is 0 Å². The van der Waals surface area contributed by atoms with E-state index < -0.39 is 0 Å². The van der Waals surface area contributed by atoms with Gasteiger partial charge in [0.1, 0.15) is 0 Å². The Balaban J connectivity index is 2.04. The summed E-state index contributed by atoms with van der Waals surface area (Å²) in [7, 11) is 0. The third kappa shape index (κ3) is 1.04. The average molecular weight is 206 g/mol. The van der Waals surface area contributed by atoms with Crippen LogP contribution in [-0.2, 0) is 0 Å². The van der Waals surface area contributed by atoms with E-state index in [1.54, 1.807) is 12.8 Å². The lowest BCUT2D eigenvalue weighted by Gasteiger charge is -2.39. The van der Waals surface area contributed by atoms with Gasteiger partial charge in [-0.15, -0.1) is 0 Å². The normalized spacial score (nSPS) is 56.8. The van der Waals surface area contributed by atoms with Crippen LogP contribution in [0.2, 0.25) is 0 Å². The maximum atomic E-state index is 2.57. The molecule has 3 fully saturated rings. The third-order valence-electron chi connectivity index (χ3n) is 6.77. The molecule has 0 heterocycles. The molecule has 0 heteroatoms. The van der Waals surface area contributed by atoms with Gasteiger partial charge in [0.2, 0.25) is 0 Å². The molecule has 0 saturated heterocycles. The van der Waals surface area contributed by atoms with E-state index in [1.807, 2.05) is 0 Å². The topological polar surface area (TPSA) is 0 Å². The van der Waals surface area contributed by atoms with Crippen molar-refractivity contribution in [3.63, 3.8) is 0 Å². The molecule has 1 spiro atoms. The molecule has 0 aromatic rings. The van der Waals surface area contributed by atoms with Gasteiger partial charge in [0, 0.05) is 0 Å². The molecular weight excluding hydrogens is 180 g/mol. The second-order valence-electron chi connectivity index (χ2n) is 7.41. The van der Waals surface area contributed by atoms with Crippen molar-refractivity contribution in [3.05, 3.63) is 0 Å². The summed E-state index contributed by atoms with van der Waals surface area (Å²) in [4.78, 5) is 0. The fourth-order valence-corrected chi connectivity index (χ4v) is 5.88. The summed E-state index contributed by atoms with van der Waals surface area (Å²) in [6.45, 7) is 10.2. The van der Waals surface area contributed by atoms with Crippen molar-refractivity contribution in [2.24, 2.45) is 34.5 Å². The fraction of sp³-hybridized carbons (Fsp3) is 1.00. The van der Waals surface area contributed by atoms with Gasteiger partial charge in [-0.2, -0.15) is 0 Å². The molecule has 0 radical (unpaired) electrons. The van der Waals surface area contributed by atoms with Crippen LogP contribution in [0.4, 0.5) is 0 Å². The predicted molar refractivity (Wildman–Crippen MR) is 64.6 cm³/mol. The Hall–Kier alpha value is 0. The van der Waals surface area contributed by atoms with E-state index in [9.17, 15) is 0 Å². The molecular formula is C15H26. The van der Waals surface area contributed by atoms with Gasteiger partial charge in [-0.3, -0.25) is 0 Å². The molecule has 3 rings (SSSR count). The summed E-state index contributed by atoms with van der Waals surface area (Å²) in [6, 6.07) is 0. The first kappa shape index (κ1) is 10.2. The SMILES string of the molecule is C[C@@H]1CC[C@@]23C[C@@H]1C(C)(C)C2CC[C@H]3C. The Labute approximate surface area is 94.8 Å². The standard InChI is InChI=1S/C15H26/c1-10-7-8-15-9-12(10)14(3,4)13(15)6-5-11(15)2/h10-13H,5-9H2,1-4H3/t10-,11-,12+,13?,15+/m1/s1. The van der Waals surface area contributed by atoms with Crippen LogP contribution in [-0.4, -0.2) is 0 Å². The zero-order valence-corrected chi connectivity index (χ0v) is 10.8. The molecule has 3 aliphatic carbocycles. The highest BCUT2D eigenvalue weighted by molar-refractivity contribution is 5.13. The van der Waals surface area contributed by atoms with Gasteiger partial charge in [-0.25, -0.2) is 0 Å². The molecule has 1 unspecified atom stereocenters. The van der Waals surface area contributed by atoms with Crippen molar-refractivity contribution >= 4 is 0 Å². The molecule has 15 heavy (non-hydrogen) atoms. The highest BCUT2D eigenvalue weighted by Gasteiger charge is 2.64. The lowest BCUT2D eigenvalue weighted by atomic mass is 9.66. The highest BCUT2D eigenvalue weighted by atomic mass is 14.7. The lowest BCUT2D eigenvalue weighted by molar-refractivity contribution is 0.104. The third-order valence-corrected chi connectivity index (χ3v) is 6.77. The van der Waals surface area contributed by atoms with E-state index in [0.29, 0.717) is 5.41 Å². The van der Waals surface area contributed by atoms with Gasteiger partial charge >= 0.3 is 0 Å². The molecule has 0 aromatic carbocycles. The maximum Gasteiger partial charge on any atom is -0.0235 e. The summed E-state index contributed by atoms with van der Waals surface area (Å²) >= 11 is 0. The molecule has 86 valence electrons. The minimum absolute atomic E-state index is 0.640. The van der Waals surface area contributed by atoms with Crippen LogP contribution in [0.25, 0.3) is 0 Å². The monoisotopic (exact) mass is 206 g/mol. The van der Waals surface area contributed by atoms with Gasteiger partial charge in [0.05, 0.1) is 0 Å². The number of fused-ring (bicyclic) bond motifs is 1. The van der Waals surface area contributed by atoms with Crippen LogP contribution in [0.15, 0.2) is 0 Å². The van der Waals surface area contributed by atoms with Crippen molar-refractivity contribution < 1.29 is 0 Å². The first-order valence-electron chi connectivity index (χ1n) is 6.98. The summed E-state index contributed by atoms with van der Waals surface area (Å²) in [5.74, 6) is 4.08. The number of hydrogen-bond donors (Lipinski definition) is 0. The van der Waals surface area contributed by atoms with Crippen LogP contribution in [0.5, 0.6) is 0 Å². The molecule has 0 aliphatic heterocycles. The van der Waals surface area contributed by atoms with Crippen molar-refractivity contribution in [3.8, 4) is 0 Å². The predicted octanol–water partition coefficient (Wildman–Crippen LogP) is 4.49. The molecule has 0 nitrogen and oxygen atoms in total. The molecule has 0 N–H and O–H groups in total. The molecule has 5 atom stereocenters. The van der Waals surface area contributed by atoms with Crippen molar-refractivity contribution in [1.29, 1.82) is 0 Å². The maximum absolute atomic E-state index is 2.57. The molecule has 3 saturated carbocycles. The average Bonchev–Trinajstić information content (AvgIpc) is 2.57. The van der Waals surface area contributed by atoms with E-state index in [1.165, 1.54) is 19.3 Å². The van der Waals surface area contributed by atoms with Crippen molar-refractivity contribution in [1.82, 2.24) is 0 Å². The van der Waals surface area contributed by atoms with Gasteiger partial charge in [0.15, 0.2) is 0 Å². The minimum Gasteiger partial charge on any atom is -0.0622 e. The van der Waals surface area contributed by atoms with Gasteiger partial charge in [-0.1, -0.05) is 27.7 Å². The van der Waals surface area contributed by atoms with Crippen molar-refractivity contribution in [2.75, 3.05) is 0 Å². The molecule has 0 aromatic heterocycles. The van der Waals surface area contributed by atoms with E-state index in [0.717, 1.165) is 29.1 Å². The smallest absolute Gasteiger partial charge is 0.0235 e. The van der Waals surface area contributed by atoms with E-state index in [2.05, 4.69) is 27.7 Å². The van der Waals surface area contributed by atoms with Gasteiger partial charge < -0.3 is 0 Å². The Morgan fingerprint density at radius 2 is 1.73 bits per heavy atom. The molecule has 0 amide bonds. The summed E-state index contributed by atoms with van der Waals surface area (Å²) in [6.07, 6.45) is 7.65. The zero-order valence-electron chi connectivity index (χ0n) is 10.8. The van der Waals surface area contributed by atoms with Crippen LogP contribution >= 0.6 is 0 Å². The van der Waals surface area contributed by atoms with E-state index in [4.69, 9.17) is 0 Å². The first-order chi connectivity index (χ1) is 6.98. The second kappa shape index (κ2) is 2.81. The Morgan fingerprint density at radius 3 is 2.47 bits per heavy atom. The summed E-state index contributed by atoms with van der Waals surface area (Å²) in [5.41, 5.74) is 1.42. The van der Waals surface area contributed by atoms with Crippen molar-refractivity contribution in [2.45, 2.75) is 59.8 Å². The van der Waals surface area contributed by atoms with Crippen LogP contribution in [0.3, 0.4) is 0 Å². The largest absolute Gasteiger partial charge is 0.0622 e. The number of rotatable bonds is 0. The Kier molecular flexibility index (Phi) is 1.91. The first-order valence-corrected chi connectivity index (χ1v) is 6.98. The van der Waals surface area contributed by atoms with E-state index >= 15 is 0 Å². The Bertz CT molecular complexity index is 278. The van der Waals surface area contributed by atoms with E-state index in [-0.39, 0.29) is 0 Å². The summed E-state index contributed by atoms with van der Waals surface area (Å²) < 4.78 is 0.